The molecule has 0 atom stereocenters. The first-order valence-electron chi connectivity index (χ1n) is 7.78. The number of hydrogen-bond donors (Lipinski definition) is 1. The molecular formula is C17H21N5O. The molecule has 0 radical (unpaired) electrons. The minimum Gasteiger partial charge on any atom is -0.353 e. The average Bonchev–Trinajstić information content (AvgIpc) is 2.57. The Morgan fingerprint density at radius 3 is 2.43 bits per heavy atom. The molecule has 6 heteroatoms. The Balaban J connectivity index is 1.68. The van der Waals surface area contributed by atoms with E-state index in [-0.39, 0.29) is 5.91 Å². The largest absolute Gasteiger partial charge is 0.353 e. The first-order chi connectivity index (χ1) is 11.1. The molecule has 3 rings (SSSR count). The first kappa shape index (κ1) is 15.3. The van der Waals surface area contributed by atoms with Gasteiger partial charge in [0.1, 0.15) is 18.0 Å². The maximum atomic E-state index is 11.4. The fourth-order valence-corrected chi connectivity index (χ4v) is 2.62. The number of aromatic nitrogens is 2. The number of benzene rings is 1. The molecule has 1 saturated heterocycles. The number of rotatable bonds is 3. The van der Waals surface area contributed by atoms with Gasteiger partial charge in [0.05, 0.1) is 0 Å². The van der Waals surface area contributed by atoms with Gasteiger partial charge in [-0.05, 0) is 19.1 Å². The molecule has 1 aliphatic rings. The summed E-state index contributed by atoms with van der Waals surface area (Å²) in [6.45, 7) is 6.73. The summed E-state index contributed by atoms with van der Waals surface area (Å²) in [5.74, 6) is 1.79. The fraction of sp³-hybridized carbons (Fsp3) is 0.353. The summed E-state index contributed by atoms with van der Waals surface area (Å²) in [6.07, 6.45) is 1.57. The Morgan fingerprint density at radius 1 is 1.09 bits per heavy atom. The van der Waals surface area contributed by atoms with E-state index in [0.29, 0.717) is 0 Å². The highest BCUT2D eigenvalue weighted by Gasteiger charge is 2.19. The molecule has 120 valence electrons. The zero-order valence-corrected chi connectivity index (χ0v) is 13.5. The van der Waals surface area contributed by atoms with E-state index in [1.807, 2.05) is 23.1 Å². The standard InChI is InChI=1S/C17H21N5O/c1-13-3-5-15(6-4-13)20-16-11-17(19-12-18-16)22-9-7-21(8-10-22)14(2)23/h3-6,11-12H,7-10H2,1-2H3,(H,18,19,20). The molecule has 1 aromatic heterocycles. The molecule has 0 bridgehead atoms. The molecule has 6 nitrogen and oxygen atoms in total. The summed E-state index contributed by atoms with van der Waals surface area (Å²) in [5, 5.41) is 3.30. The normalized spacial score (nSPS) is 14.7. The molecule has 1 aliphatic heterocycles. The van der Waals surface area contributed by atoms with Crippen molar-refractivity contribution < 1.29 is 4.79 Å². The van der Waals surface area contributed by atoms with Crippen molar-refractivity contribution in [3.8, 4) is 0 Å². The number of carbonyl (C=O) groups is 1. The molecule has 2 aromatic rings. The summed E-state index contributed by atoms with van der Waals surface area (Å²) in [4.78, 5) is 24.1. The van der Waals surface area contributed by atoms with Crippen molar-refractivity contribution in [1.82, 2.24) is 14.9 Å². The highest BCUT2D eigenvalue weighted by atomic mass is 16.2. The van der Waals surface area contributed by atoms with E-state index in [4.69, 9.17) is 0 Å². The number of hydrogen-bond acceptors (Lipinski definition) is 5. The van der Waals surface area contributed by atoms with Crippen LogP contribution in [0.25, 0.3) is 0 Å². The number of aryl methyl sites for hydroxylation is 1. The van der Waals surface area contributed by atoms with E-state index in [0.717, 1.165) is 43.5 Å². The Labute approximate surface area is 136 Å². The molecular weight excluding hydrogens is 290 g/mol. The smallest absolute Gasteiger partial charge is 0.219 e. The summed E-state index contributed by atoms with van der Waals surface area (Å²) in [7, 11) is 0. The molecule has 23 heavy (non-hydrogen) atoms. The zero-order valence-electron chi connectivity index (χ0n) is 13.5. The van der Waals surface area contributed by atoms with Crippen molar-refractivity contribution in [2.75, 3.05) is 36.4 Å². The number of carbonyl (C=O) groups excluding carboxylic acids is 1. The van der Waals surface area contributed by atoms with Crippen LogP contribution in [0.2, 0.25) is 0 Å². The van der Waals surface area contributed by atoms with Crippen LogP contribution in [0.4, 0.5) is 17.3 Å². The zero-order chi connectivity index (χ0) is 16.2. The minimum atomic E-state index is 0.133. The van der Waals surface area contributed by atoms with Crippen LogP contribution in [-0.4, -0.2) is 47.0 Å². The van der Waals surface area contributed by atoms with Gasteiger partial charge in [-0.15, -0.1) is 0 Å². The maximum Gasteiger partial charge on any atom is 0.219 e. The van der Waals surface area contributed by atoms with E-state index in [9.17, 15) is 4.79 Å². The van der Waals surface area contributed by atoms with Crippen molar-refractivity contribution in [3.05, 3.63) is 42.2 Å². The van der Waals surface area contributed by atoms with Gasteiger partial charge in [-0.1, -0.05) is 17.7 Å². The van der Waals surface area contributed by atoms with Crippen LogP contribution in [0, 0.1) is 6.92 Å². The molecule has 0 unspecified atom stereocenters. The first-order valence-corrected chi connectivity index (χ1v) is 7.78. The molecule has 2 heterocycles. The van der Waals surface area contributed by atoms with Crippen molar-refractivity contribution in [2.45, 2.75) is 13.8 Å². The third kappa shape index (κ3) is 3.77. The Bertz CT molecular complexity index is 678. The van der Waals surface area contributed by atoms with Crippen molar-refractivity contribution in [3.63, 3.8) is 0 Å². The van der Waals surface area contributed by atoms with Crippen LogP contribution in [0.3, 0.4) is 0 Å². The second-order valence-corrected chi connectivity index (χ2v) is 5.75. The molecule has 0 saturated carbocycles. The van der Waals surface area contributed by atoms with Crippen LogP contribution in [-0.2, 0) is 4.79 Å². The van der Waals surface area contributed by atoms with E-state index >= 15 is 0 Å². The Morgan fingerprint density at radius 2 is 1.78 bits per heavy atom. The maximum absolute atomic E-state index is 11.4. The fourth-order valence-electron chi connectivity index (χ4n) is 2.62. The molecule has 1 fully saturated rings. The predicted octanol–water partition coefficient (Wildman–Crippen LogP) is 2.20. The lowest BCUT2D eigenvalue weighted by atomic mass is 10.2. The van der Waals surface area contributed by atoms with Gasteiger partial charge >= 0.3 is 0 Å². The van der Waals surface area contributed by atoms with Crippen LogP contribution in [0.5, 0.6) is 0 Å². The Kier molecular flexibility index (Phi) is 4.41. The Hall–Kier alpha value is -2.63. The minimum absolute atomic E-state index is 0.133. The monoisotopic (exact) mass is 311 g/mol. The number of amides is 1. The lowest BCUT2D eigenvalue weighted by molar-refractivity contribution is -0.129. The topological polar surface area (TPSA) is 61.4 Å². The number of nitrogens with zero attached hydrogens (tertiary/aromatic N) is 4. The third-order valence-electron chi connectivity index (χ3n) is 4.03. The van der Waals surface area contributed by atoms with Gasteiger partial charge in [-0.25, -0.2) is 9.97 Å². The number of anilines is 3. The van der Waals surface area contributed by atoms with Crippen LogP contribution in [0.1, 0.15) is 12.5 Å². The molecule has 0 aliphatic carbocycles. The second-order valence-electron chi connectivity index (χ2n) is 5.75. The van der Waals surface area contributed by atoms with Gasteiger partial charge in [0.2, 0.25) is 5.91 Å². The van der Waals surface area contributed by atoms with Gasteiger partial charge in [0.15, 0.2) is 0 Å². The highest BCUT2D eigenvalue weighted by Crippen LogP contribution is 2.20. The van der Waals surface area contributed by atoms with Gasteiger partial charge in [0.25, 0.3) is 0 Å². The van der Waals surface area contributed by atoms with Gasteiger partial charge in [-0.2, -0.15) is 0 Å². The van der Waals surface area contributed by atoms with Gasteiger partial charge in [-0.3, -0.25) is 4.79 Å². The lowest BCUT2D eigenvalue weighted by Crippen LogP contribution is -2.48. The second kappa shape index (κ2) is 6.64. The van der Waals surface area contributed by atoms with Crippen LogP contribution < -0.4 is 10.2 Å². The van der Waals surface area contributed by atoms with Crippen LogP contribution in [0.15, 0.2) is 36.7 Å². The van der Waals surface area contributed by atoms with Crippen LogP contribution >= 0.6 is 0 Å². The highest BCUT2D eigenvalue weighted by molar-refractivity contribution is 5.73. The SMILES string of the molecule is CC(=O)N1CCN(c2cc(Nc3ccc(C)cc3)ncn2)CC1. The van der Waals surface area contributed by atoms with Crippen molar-refractivity contribution >= 4 is 23.2 Å². The number of nitrogens with one attached hydrogen (secondary N) is 1. The number of piperazine rings is 1. The van der Waals surface area contributed by atoms with Crippen molar-refractivity contribution in [1.29, 1.82) is 0 Å². The van der Waals surface area contributed by atoms with Gasteiger partial charge in [0, 0.05) is 44.9 Å². The molecule has 0 spiro atoms. The van der Waals surface area contributed by atoms with E-state index in [1.54, 1.807) is 13.3 Å². The molecule has 1 aromatic carbocycles. The summed E-state index contributed by atoms with van der Waals surface area (Å²) >= 11 is 0. The third-order valence-corrected chi connectivity index (χ3v) is 4.03. The van der Waals surface area contributed by atoms with Gasteiger partial charge < -0.3 is 15.1 Å². The predicted molar refractivity (Wildman–Crippen MR) is 91.0 cm³/mol. The average molecular weight is 311 g/mol. The summed E-state index contributed by atoms with van der Waals surface area (Å²) in [6, 6.07) is 10.1. The molecule has 1 amide bonds. The summed E-state index contributed by atoms with van der Waals surface area (Å²) in [5.41, 5.74) is 2.23. The van der Waals surface area contributed by atoms with E-state index in [1.165, 1.54) is 5.56 Å². The quantitative estimate of drug-likeness (QED) is 0.941. The van der Waals surface area contributed by atoms with E-state index < -0.39 is 0 Å². The molecule has 1 N–H and O–H groups in total. The summed E-state index contributed by atoms with van der Waals surface area (Å²) < 4.78 is 0. The van der Waals surface area contributed by atoms with E-state index in [2.05, 4.69) is 39.2 Å². The van der Waals surface area contributed by atoms with Crippen molar-refractivity contribution in [2.24, 2.45) is 0 Å². The lowest BCUT2D eigenvalue weighted by Gasteiger charge is -2.34.